The lowest BCUT2D eigenvalue weighted by Gasteiger charge is -2.21. The Hall–Kier alpha value is -2.12. The number of carbonyl (C=O) groups excluding carboxylic acids is 1. The number of aromatic nitrogens is 1. The van der Waals surface area contributed by atoms with Crippen molar-refractivity contribution >= 4 is 21.6 Å². The van der Waals surface area contributed by atoms with Gasteiger partial charge in [-0.05, 0) is 43.2 Å². The highest BCUT2D eigenvalue weighted by molar-refractivity contribution is 7.88. The fourth-order valence-corrected chi connectivity index (χ4v) is 4.00. The van der Waals surface area contributed by atoms with Crippen molar-refractivity contribution in [3.8, 4) is 5.69 Å². The van der Waals surface area contributed by atoms with E-state index in [1.54, 1.807) is 6.07 Å². The van der Waals surface area contributed by atoms with E-state index in [4.69, 9.17) is 0 Å². The van der Waals surface area contributed by atoms with Crippen molar-refractivity contribution in [2.24, 2.45) is 0 Å². The maximum atomic E-state index is 12.4. The number of amides is 1. The molecule has 0 spiro atoms. The average molecular weight is 333 g/mol. The summed E-state index contributed by atoms with van der Waals surface area (Å²) in [5, 5.41) is 2.83. The Morgan fingerprint density at radius 3 is 2.65 bits per heavy atom. The largest absolute Gasteiger partial charge is 0.325 e. The van der Waals surface area contributed by atoms with Gasteiger partial charge in [-0.15, -0.1) is 0 Å². The van der Waals surface area contributed by atoms with Crippen LogP contribution < -0.4 is 5.32 Å². The third-order valence-corrected chi connectivity index (χ3v) is 5.24. The fraction of sp³-hybridized carbons (Fsp3) is 0.312. The molecule has 0 radical (unpaired) electrons. The summed E-state index contributed by atoms with van der Waals surface area (Å²) in [6.07, 6.45) is 6.24. The number of nitrogens with zero attached hydrogens (tertiary/aromatic N) is 2. The Bertz CT molecular complexity index is 800. The molecule has 1 atom stereocenters. The molecule has 0 saturated carbocycles. The topological polar surface area (TPSA) is 71.4 Å². The Labute approximate surface area is 135 Å². The summed E-state index contributed by atoms with van der Waals surface area (Å²) >= 11 is 0. The van der Waals surface area contributed by atoms with Gasteiger partial charge in [0.15, 0.2) is 0 Å². The van der Waals surface area contributed by atoms with Crippen LogP contribution in [0.1, 0.15) is 12.8 Å². The molecule has 0 bridgehead atoms. The van der Waals surface area contributed by atoms with Gasteiger partial charge in [0.25, 0.3) is 0 Å². The maximum Gasteiger partial charge on any atom is 0.242 e. The monoisotopic (exact) mass is 333 g/mol. The van der Waals surface area contributed by atoms with Crippen molar-refractivity contribution in [3.05, 3.63) is 48.8 Å². The molecule has 122 valence electrons. The summed E-state index contributed by atoms with van der Waals surface area (Å²) in [5.41, 5.74) is 1.58. The van der Waals surface area contributed by atoms with Gasteiger partial charge < -0.3 is 9.88 Å². The van der Waals surface area contributed by atoms with E-state index in [0.717, 1.165) is 11.9 Å². The third-order valence-electron chi connectivity index (χ3n) is 3.95. The minimum atomic E-state index is -3.36. The Morgan fingerprint density at radius 2 is 1.96 bits per heavy atom. The van der Waals surface area contributed by atoms with Crippen molar-refractivity contribution in [2.75, 3.05) is 18.1 Å². The van der Waals surface area contributed by atoms with Gasteiger partial charge in [0.1, 0.15) is 6.04 Å². The lowest BCUT2D eigenvalue weighted by atomic mass is 10.2. The second kappa shape index (κ2) is 6.17. The highest BCUT2D eigenvalue weighted by atomic mass is 32.2. The average Bonchev–Trinajstić information content (AvgIpc) is 3.18. The molecule has 2 aromatic rings. The van der Waals surface area contributed by atoms with Crippen molar-refractivity contribution in [1.29, 1.82) is 0 Å². The molecular weight excluding hydrogens is 314 g/mol. The van der Waals surface area contributed by atoms with E-state index >= 15 is 0 Å². The number of hydrogen-bond acceptors (Lipinski definition) is 3. The van der Waals surface area contributed by atoms with Crippen LogP contribution in [0.5, 0.6) is 0 Å². The molecule has 1 aliphatic heterocycles. The van der Waals surface area contributed by atoms with E-state index in [1.807, 2.05) is 47.3 Å². The SMILES string of the molecule is CS(=O)(=O)N1CCC[C@@H]1C(=O)Nc1cccc(-n2cccc2)c1. The molecule has 1 saturated heterocycles. The standard InChI is InChI=1S/C16H19N3O3S/c1-23(21,22)19-11-5-8-15(19)16(20)17-13-6-4-7-14(12-13)18-9-2-3-10-18/h2-4,6-7,9-10,12,15H,5,8,11H2,1H3,(H,17,20)/t15-/m1/s1. The second-order valence-corrected chi connectivity index (χ2v) is 7.60. The molecule has 1 amide bonds. The Morgan fingerprint density at radius 1 is 1.22 bits per heavy atom. The van der Waals surface area contributed by atoms with Crippen LogP contribution in [-0.2, 0) is 14.8 Å². The number of carbonyl (C=O) groups is 1. The van der Waals surface area contributed by atoms with Gasteiger partial charge in [-0.1, -0.05) is 6.07 Å². The van der Waals surface area contributed by atoms with Crippen LogP contribution in [0.4, 0.5) is 5.69 Å². The first-order valence-electron chi connectivity index (χ1n) is 7.46. The molecule has 1 aromatic heterocycles. The fourth-order valence-electron chi connectivity index (χ4n) is 2.88. The van der Waals surface area contributed by atoms with Gasteiger partial charge in [-0.2, -0.15) is 4.31 Å². The molecule has 0 aliphatic carbocycles. The lowest BCUT2D eigenvalue weighted by molar-refractivity contribution is -0.119. The van der Waals surface area contributed by atoms with Gasteiger partial charge >= 0.3 is 0 Å². The summed E-state index contributed by atoms with van der Waals surface area (Å²) in [4.78, 5) is 12.4. The molecule has 3 rings (SSSR count). The van der Waals surface area contributed by atoms with Gasteiger partial charge in [0, 0.05) is 30.3 Å². The smallest absolute Gasteiger partial charge is 0.242 e. The van der Waals surface area contributed by atoms with Crippen LogP contribution in [-0.4, -0.2) is 42.0 Å². The van der Waals surface area contributed by atoms with E-state index in [-0.39, 0.29) is 5.91 Å². The van der Waals surface area contributed by atoms with Crippen LogP contribution in [0.3, 0.4) is 0 Å². The Kier molecular flexibility index (Phi) is 4.23. The molecule has 6 nitrogen and oxygen atoms in total. The first-order valence-corrected chi connectivity index (χ1v) is 9.31. The zero-order chi connectivity index (χ0) is 16.4. The van der Waals surface area contributed by atoms with Gasteiger partial charge in [-0.3, -0.25) is 4.79 Å². The number of nitrogens with one attached hydrogen (secondary N) is 1. The van der Waals surface area contributed by atoms with Crippen molar-refractivity contribution in [3.63, 3.8) is 0 Å². The zero-order valence-corrected chi connectivity index (χ0v) is 13.7. The van der Waals surface area contributed by atoms with Crippen LogP contribution >= 0.6 is 0 Å². The summed E-state index contributed by atoms with van der Waals surface area (Å²) in [7, 11) is -3.36. The van der Waals surface area contributed by atoms with E-state index in [0.29, 0.717) is 25.1 Å². The maximum absolute atomic E-state index is 12.4. The molecule has 1 aromatic carbocycles. The minimum Gasteiger partial charge on any atom is -0.325 e. The van der Waals surface area contributed by atoms with E-state index in [9.17, 15) is 13.2 Å². The molecule has 2 heterocycles. The quantitative estimate of drug-likeness (QED) is 0.928. The lowest BCUT2D eigenvalue weighted by Crippen LogP contribution is -2.42. The number of anilines is 1. The van der Waals surface area contributed by atoms with Gasteiger partial charge in [0.05, 0.1) is 6.26 Å². The van der Waals surface area contributed by atoms with E-state index in [1.165, 1.54) is 4.31 Å². The first kappa shape index (κ1) is 15.8. The predicted octanol–water partition coefficient (Wildman–Crippen LogP) is 1.84. The third kappa shape index (κ3) is 3.46. The molecule has 1 aliphatic rings. The summed E-state index contributed by atoms with van der Waals surface area (Å²) in [6.45, 7) is 0.403. The second-order valence-electron chi connectivity index (χ2n) is 5.66. The van der Waals surface area contributed by atoms with Crippen LogP contribution in [0.25, 0.3) is 5.69 Å². The van der Waals surface area contributed by atoms with Gasteiger partial charge in [-0.25, -0.2) is 8.42 Å². The van der Waals surface area contributed by atoms with E-state index < -0.39 is 16.1 Å². The van der Waals surface area contributed by atoms with Crippen molar-refractivity contribution < 1.29 is 13.2 Å². The highest BCUT2D eigenvalue weighted by Crippen LogP contribution is 2.22. The van der Waals surface area contributed by atoms with Crippen LogP contribution in [0.2, 0.25) is 0 Å². The molecule has 0 unspecified atom stereocenters. The van der Waals surface area contributed by atoms with Crippen LogP contribution in [0.15, 0.2) is 48.8 Å². The summed E-state index contributed by atoms with van der Waals surface area (Å²) in [5.74, 6) is -0.280. The number of benzene rings is 1. The van der Waals surface area contributed by atoms with E-state index in [2.05, 4.69) is 5.32 Å². The van der Waals surface area contributed by atoms with Gasteiger partial charge in [0.2, 0.25) is 15.9 Å². The molecular formula is C16H19N3O3S. The zero-order valence-electron chi connectivity index (χ0n) is 12.8. The summed E-state index contributed by atoms with van der Waals surface area (Å²) < 4.78 is 26.7. The van der Waals surface area contributed by atoms with Crippen molar-refractivity contribution in [1.82, 2.24) is 8.87 Å². The summed E-state index contributed by atoms with van der Waals surface area (Å²) in [6, 6.07) is 10.7. The minimum absolute atomic E-state index is 0.280. The first-order chi connectivity index (χ1) is 10.9. The Balaban J connectivity index is 1.77. The molecule has 7 heteroatoms. The normalized spacial score (nSPS) is 18.9. The van der Waals surface area contributed by atoms with Crippen LogP contribution in [0, 0.1) is 0 Å². The molecule has 1 fully saturated rings. The molecule has 23 heavy (non-hydrogen) atoms. The molecule has 1 N–H and O–H groups in total. The number of rotatable bonds is 4. The predicted molar refractivity (Wildman–Crippen MR) is 89.0 cm³/mol. The van der Waals surface area contributed by atoms with Crippen molar-refractivity contribution in [2.45, 2.75) is 18.9 Å². The number of hydrogen-bond donors (Lipinski definition) is 1. The highest BCUT2D eigenvalue weighted by Gasteiger charge is 2.36. The number of sulfonamides is 1.